The predicted octanol–water partition coefficient (Wildman–Crippen LogP) is 5.14. The van der Waals surface area contributed by atoms with E-state index in [9.17, 15) is 87.3 Å². The van der Waals surface area contributed by atoms with E-state index in [0.29, 0.717) is 71.2 Å². The van der Waals surface area contributed by atoms with Crippen molar-refractivity contribution >= 4 is 120 Å². The maximum Gasteiger partial charge on any atom is 0.410 e. The average Bonchev–Trinajstić information content (AvgIpc) is 1.30. The van der Waals surface area contributed by atoms with Crippen LogP contribution in [0.4, 0.5) is 21.4 Å². The number of fused-ring (bicyclic) bond motifs is 2. The van der Waals surface area contributed by atoms with Crippen LogP contribution in [0, 0.1) is 29.1 Å². The molecule has 4 saturated carbocycles. The molecule has 0 radical (unpaired) electrons. The van der Waals surface area contributed by atoms with Crippen molar-refractivity contribution < 1.29 is 120 Å². The van der Waals surface area contributed by atoms with E-state index in [-0.39, 0.29) is 98.1 Å². The van der Waals surface area contributed by atoms with E-state index in [4.69, 9.17) is 43.2 Å². The highest BCUT2D eigenvalue weighted by Crippen LogP contribution is 2.72. The number of nitrogens with one attached hydrogen (secondary N) is 5. The lowest BCUT2D eigenvalue weighted by Crippen LogP contribution is -2.64. The number of rotatable bonds is 36. The molecule has 13 N–H and O–H groups in total. The normalized spacial score (nSPS) is 24.3. The second-order valence-electron chi connectivity index (χ2n) is 34.2. The SMILES string of the molecule is CCC(=O)N[C@H]1C[C@@H](COCCS(=O)(=O)O)N(CC(=O)N[C@H](C(=O)N[C@@H](C)C(=O)Nc2ccc(COC(=O)N(CCOC34CC5(C)CC(C)(CC(Cn6ncc(-c7ccc(N8CCc9cccc(C(=O)Nc%10nc%11ccccc%11s%10)c9C8)nc7C(=O)O)c6C)(C5)C3)C4)CC[C@H](O)CO)c(CC[C@@H]3O[C@H](C(=O)O)[C@@H](O)[C@H](O)[C@H]3O)c2)C(C)C)C1=O.CSC.O=C=O. The summed E-state index contributed by atoms with van der Waals surface area (Å²) >= 11 is 3.14. The van der Waals surface area contributed by atoms with E-state index >= 15 is 0 Å². The maximum atomic E-state index is 14.5. The van der Waals surface area contributed by atoms with E-state index in [1.54, 1.807) is 50.9 Å². The summed E-state index contributed by atoms with van der Waals surface area (Å²) in [6, 6.07) is 17.0. The first-order chi connectivity index (χ1) is 59.2. The number of carboxylic acids is 2. The van der Waals surface area contributed by atoms with E-state index in [2.05, 4.69) is 45.4 Å². The number of aliphatic carboxylic acids is 1. The van der Waals surface area contributed by atoms with Crippen LogP contribution in [-0.4, -0.2) is 275 Å². The number of para-hydroxylation sites is 1. The van der Waals surface area contributed by atoms with Crippen molar-refractivity contribution in [2.24, 2.45) is 22.2 Å². The molecule has 7 aliphatic rings. The number of aromatic carboxylic acids is 1. The van der Waals surface area contributed by atoms with Gasteiger partial charge < -0.3 is 90.7 Å². The van der Waals surface area contributed by atoms with Gasteiger partial charge in [0.25, 0.3) is 16.0 Å². The van der Waals surface area contributed by atoms with Gasteiger partial charge >= 0.3 is 24.2 Å². The lowest BCUT2D eigenvalue weighted by Gasteiger charge is -2.69. The lowest BCUT2D eigenvalue weighted by molar-refractivity contribution is -0.248. The maximum absolute atomic E-state index is 14.5. The van der Waals surface area contributed by atoms with Crippen LogP contribution in [0.1, 0.15) is 155 Å². The van der Waals surface area contributed by atoms with Gasteiger partial charge in [0.2, 0.25) is 29.5 Å². The van der Waals surface area contributed by atoms with Gasteiger partial charge in [0.15, 0.2) is 16.9 Å². The molecule has 6 aromatic rings. The van der Waals surface area contributed by atoms with Gasteiger partial charge in [-0.3, -0.25) is 43.3 Å². The van der Waals surface area contributed by atoms with Crippen LogP contribution >= 0.6 is 23.1 Å². The standard InChI is InChI=1S/C82H106N12O23S2.C2H6S.CO2/c1-8-63(97)86-59-31-52(37-114-28-29-119(111,112)113)93(74(59)105)34-64(98)89-65(45(2)3)73(104)84-46(4)71(102)85-51-18-16-50(49(30-51)17-20-60-67(99)68(100)69(101)70(117-60)76(108)109)36-115-78(110)91(25-23-53(96)35-95)26-27-116-82-41-79(6)38-80(7,42-82)40-81(39-79,43-82)44-94-47(5)56(32-83-94)54-19-21-62(88-66(54)75(106)107)92-24-22-48-12-11-13-55(57(48)33-92)72(103)90-77-87-58-14-9-10-15-61(58)118-77;1-3-2;2-1-3/h9-16,18-19,21,30,32,45-46,52-53,59-60,65,67-70,95-96,99-101H,8,17,20,22-29,31,33-44H2,1-7H3,(H,84,104)(H,85,102)(H,86,97)(H,89,98)(H,106,107)(H,108,109)(H,87,90,103)(H,111,112,113);1-2H3;/t46-,52-,53-,59-,60-,65-,67-,68+,69-,70-,79?,80?,81?,82?;;/m0../s1. The van der Waals surface area contributed by atoms with Gasteiger partial charge in [-0.1, -0.05) is 76.3 Å². The number of carbonyl (C=O) groups is 9. The van der Waals surface area contributed by atoms with Crippen LogP contribution in [0.25, 0.3) is 21.3 Å². The molecule has 6 heterocycles. The first-order valence-corrected chi connectivity index (χ1v) is 45.4. The van der Waals surface area contributed by atoms with Gasteiger partial charge in [-0.2, -0.15) is 34.9 Å². The van der Waals surface area contributed by atoms with Crippen LogP contribution < -0.4 is 31.5 Å². The minimum Gasteiger partial charge on any atom is -0.479 e. The summed E-state index contributed by atoms with van der Waals surface area (Å²) in [5, 5.41) is 92.5. The quantitative estimate of drug-likeness (QED) is 0.0179. The second-order valence-corrected chi connectivity index (χ2v) is 37.6. The fourth-order valence-electron chi connectivity index (χ4n) is 19.1. The Hall–Kier alpha value is -9.94. The minimum atomic E-state index is -4.38. The minimum absolute atomic E-state index is 0.000871. The highest BCUT2D eigenvalue weighted by Gasteiger charge is 2.66. The zero-order valence-corrected chi connectivity index (χ0v) is 73.6. The Morgan fingerprint density at radius 1 is 0.832 bits per heavy atom. The summed E-state index contributed by atoms with van der Waals surface area (Å²) in [5.74, 6) is -7.39. The molecule has 3 aliphatic heterocycles. The molecule has 12 atom stereocenters. The molecule has 680 valence electrons. The number of carboxylic acid groups (broad SMARTS) is 2. The van der Waals surface area contributed by atoms with Gasteiger partial charge in [-0.25, -0.2) is 24.4 Å². The Labute approximate surface area is 731 Å². The van der Waals surface area contributed by atoms with Gasteiger partial charge in [0.1, 0.15) is 48.9 Å². The molecule has 6 fully saturated rings. The number of aryl methyl sites for hydroxylation is 1. The van der Waals surface area contributed by atoms with Crippen molar-refractivity contribution in [3.63, 3.8) is 0 Å². The van der Waals surface area contributed by atoms with E-state index in [0.717, 1.165) is 64.0 Å². The highest BCUT2D eigenvalue weighted by atomic mass is 32.2. The van der Waals surface area contributed by atoms with Crippen LogP contribution in [0.2, 0.25) is 0 Å². The van der Waals surface area contributed by atoms with Gasteiger partial charge in [-0.15, -0.1) is 0 Å². The topological polar surface area (TPSA) is 534 Å². The summed E-state index contributed by atoms with van der Waals surface area (Å²) in [6.07, 6.45) is 0.277. The van der Waals surface area contributed by atoms with Crippen molar-refractivity contribution in [3.8, 4) is 11.1 Å². The zero-order chi connectivity index (χ0) is 91.2. The molecule has 37 nitrogen and oxygen atoms in total. The third kappa shape index (κ3) is 24.4. The summed E-state index contributed by atoms with van der Waals surface area (Å²) in [5.41, 5.74) is 4.33. The van der Waals surface area contributed by atoms with Crippen molar-refractivity contribution in [2.45, 2.75) is 212 Å². The number of pyridine rings is 1. The monoisotopic (exact) mass is 1800 g/mol. The van der Waals surface area contributed by atoms with Gasteiger partial charge in [0.05, 0.1) is 79.0 Å². The fourth-order valence-corrected chi connectivity index (χ4v) is 20.2. The molecule has 4 bridgehead atoms. The fraction of sp³-hybridized carbons (Fsp3) is 0.565. The molecule has 3 aromatic carbocycles. The van der Waals surface area contributed by atoms with Crippen LogP contribution in [0.15, 0.2) is 79.0 Å². The highest BCUT2D eigenvalue weighted by molar-refractivity contribution is 7.97. The lowest BCUT2D eigenvalue weighted by atomic mass is 9.39. The number of amides is 7. The number of carbonyl (C=O) groups excluding carboxylic acids is 9. The second kappa shape index (κ2) is 42.1. The number of nitrogens with zero attached hydrogens (tertiary/aromatic N) is 7. The number of anilines is 3. The number of hydrogen-bond donors (Lipinski definition) is 13. The first-order valence-electron chi connectivity index (χ1n) is 41.3. The molecule has 3 aromatic heterocycles. The van der Waals surface area contributed by atoms with Crippen LogP contribution in [0.5, 0.6) is 0 Å². The van der Waals surface area contributed by atoms with Crippen LogP contribution in [0.3, 0.4) is 0 Å². The Bertz CT molecular complexity index is 5010. The van der Waals surface area contributed by atoms with Crippen LogP contribution in [-0.2, 0) is 100.0 Å². The average molecular weight is 1800 g/mol. The number of ether oxygens (including phenoxy) is 4. The van der Waals surface area contributed by atoms with E-state index in [1.807, 2.05) is 71.5 Å². The zero-order valence-electron chi connectivity index (χ0n) is 71.2. The Kier molecular flexibility index (Phi) is 32.8. The Morgan fingerprint density at radius 2 is 1.54 bits per heavy atom. The number of aromatic nitrogens is 4. The largest absolute Gasteiger partial charge is 0.479 e. The summed E-state index contributed by atoms with van der Waals surface area (Å²) in [4.78, 5) is 152. The number of aliphatic hydroxyl groups is 5. The number of hydrogen-bond acceptors (Lipinski definition) is 28. The number of benzene rings is 3. The van der Waals surface area contributed by atoms with Crippen molar-refractivity contribution in [1.29, 1.82) is 0 Å². The molecule has 0 spiro atoms. The Morgan fingerprint density at radius 3 is 2.21 bits per heavy atom. The summed E-state index contributed by atoms with van der Waals surface area (Å²) in [7, 11) is -4.38. The first kappa shape index (κ1) is 97.3. The van der Waals surface area contributed by atoms with Crippen molar-refractivity contribution in [3.05, 3.63) is 118 Å². The number of thioether (sulfide) groups is 1. The summed E-state index contributed by atoms with van der Waals surface area (Å²) < 4.78 is 58.9. The molecule has 40 heteroatoms. The van der Waals surface area contributed by atoms with Crippen molar-refractivity contribution in [1.82, 2.24) is 45.5 Å². The molecule has 13 rings (SSSR count). The van der Waals surface area contributed by atoms with Crippen molar-refractivity contribution in [2.75, 3.05) is 86.4 Å². The third-order valence-electron chi connectivity index (χ3n) is 23.7. The van der Waals surface area contributed by atoms with E-state index < -0.39 is 162 Å². The molecular weight excluding hydrogens is 1690 g/mol. The molecule has 7 amide bonds. The predicted molar refractivity (Wildman–Crippen MR) is 457 cm³/mol. The molecule has 2 saturated heterocycles. The number of aliphatic hydroxyl groups excluding tert-OH is 5. The van der Waals surface area contributed by atoms with E-state index in [1.165, 1.54) is 41.4 Å². The Balaban J connectivity index is 0.00000264. The smallest absolute Gasteiger partial charge is 0.410 e. The molecular formula is C85H112N12O25S3. The molecule has 4 aliphatic carbocycles. The molecule has 125 heavy (non-hydrogen) atoms. The number of likely N-dealkylation sites (tertiary alicyclic amines) is 1. The van der Waals surface area contributed by atoms with Gasteiger partial charge in [-0.05, 0) is 184 Å². The number of thiazole rings is 1. The molecule has 2 unspecified atom stereocenters. The van der Waals surface area contributed by atoms with Gasteiger partial charge in [0, 0.05) is 67.2 Å². The summed E-state index contributed by atoms with van der Waals surface area (Å²) in [6.45, 7) is 11.7. The third-order valence-corrected chi connectivity index (χ3v) is 25.4.